The molecule has 3 unspecified atom stereocenters. The average molecular weight is 250 g/mol. The van der Waals surface area contributed by atoms with Gasteiger partial charge in [-0.2, -0.15) is 0 Å². The minimum Gasteiger partial charge on any atom is -0.368 e. The third-order valence-corrected chi connectivity index (χ3v) is 4.17. The Balaban J connectivity index is 2.12. The molecule has 1 aliphatic rings. The largest absolute Gasteiger partial charge is 0.368 e. The van der Waals surface area contributed by atoms with Crippen LogP contribution in [0.5, 0.6) is 0 Å². The first kappa shape index (κ1) is 13.3. The highest BCUT2D eigenvalue weighted by Crippen LogP contribution is 2.29. The molecule has 1 aromatic carbocycles. The van der Waals surface area contributed by atoms with Gasteiger partial charge in [-0.05, 0) is 44.0 Å². The molecule has 2 rings (SSSR count). The zero-order valence-electron chi connectivity index (χ0n) is 11.5. The molecule has 0 saturated carbocycles. The van der Waals surface area contributed by atoms with Crippen LogP contribution >= 0.6 is 0 Å². The number of benzene rings is 1. The molecule has 0 amide bonds. The molecule has 0 aromatic heterocycles. The molecular formula is C15H23FN2. The van der Waals surface area contributed by atoms with E-state index in [2.05, 4.69) is 31.0 Å². The van der Waals surface area contributed by atoms with Crippen LogP contribution in [-0.2, 0) is 0 Å². The monoisotopic (exact) mass is 250 g/mol. The number of rotatable bonds is 3. The van der Waals surface area contributed by atoms with Crippen molar-refractivity contribution in [2.24, 2.45) is 5.92 Å². The molecule has 1 aliphatic heterocycles. The molecule has 0 bridgehead atoms. The number of piperidine rings is 1. The van der Waals surface area contributed by atoms with E-state index in [1.54, 1.807) is 12.1 Å². The van der Waals surface area contributed by atoms with Crippen molar-refractivity contribution < 1.29 is 4.39 Å². The normalized spacial score (nSPS) is 28.4. The molecule has 1 aromatic rings. The highest BCUT2D eigenvalue weighted by molar-refractivity contribution is 5.48. The van der Waals surface area contributed by atoms with Crippen molar-refractivity contribution in [1.29, 1.82) is 0 Å². The van der Waals surface area contributed by atoms with Crippen LogP contribution in [0, 0.1) is 11.7 Å². The van der Waals surface area contributed by atoms with Crippen molar-refractivity contribution in [1.82, 2.24) is 5.32 Å². The number of hydrogen-bond donors (Lipinski definition) is 1. The van der Waals surface area contributed by atoms with E-state index in [9.17, 15) is 4.39 Å². The van der Waals surface area contributed by atoms with E-state index in [0.717, 1.165) is 25.2 Å². The molecule has 1 N–H and O–H groups in total. The Hall–Kier alpha value is -1.09. The molecule has 0 radical (unpaired) electrons. The summed E-state index contributed by atoms with van der Waals surface area (Å²) < 4.78 is 13.3. The van der Waals surface area contributed by atoms with E-state index in [1.165, 1.54) is 6.07 Å². The summed E-state index contributed by atoms with van der Waals surface area (Å²) in [5.74, 6) is 0.420. The molecule has 0 spiro atoms. The van der Waals surface area contributed by atoms with Crippen LogP contribution in [-0.4, -0.2) is 25.2 Å². The smallest absolute Gasteiger partial charge is 0.125 e. The molecule has 3 atom stereocenters. The van der Waals surface area contributed by atoms with Crippen LogP contribution in [0.1, 0.15) is 27.2 Å². The maximum atomic E-state index is 13.3. The van der Waals surface area contributed by atoms with E-state index in [4.69, 9.17) is 0 Å². The third kappa shape index (κ3) is 2.66. The lowest BCUT2D eigenvalue weighted by molar-refractivity contribution is 0.274. The fraction of sp³-hybridized carbons (Fsp3) is 0.600. The first-order chi connectivity index (χ1) is 8.63. The molecule has 1 saturated heterocycles. The number of hydrogen-bond acceptors (Lipinski definition) is 2. The Bertz CT molecular complexity index is 394. The summed E-state index contributed by atoms with van der Waals surface area (Å²) in [5, 5.41) is 3.55. The van der Waals surface area contributed by atoms with E-state index in [1.807, 2.05) is 6.07 Å². The molecule has 2 nitrogen and oxygen atoms in total. The zero-order chi connectivity index (χ0) is 13.1. The predicted octanol–water partition coefficient (Wildman–Crippen LogP) is 3.04. The molecule has 100 valence electrons. The van der Waals surface area contributed by atoms with Crippen molar-refractivity contribution in [3.63, 3.8) is 0 Å². The van der Waals surface area contributed by atoms with Gasteiger partial charge in [0.1, 0.15) is 5.82 Å². The quantitative estimate of drug-likeness (QED) is 0.887. The average Bonchev–Trinajstić information content (AvgIpc) is 2.35. The molecule has 3 heteroatoms. The van der Waals surface area contributed by atoms with Gasteiger partial charge in [0.05, 0.1) is 0 Å². The summed E-state index contributed by atoms with van der Waals surface area (Å²) >= 11 is 0. The third-order valence-electron chi connectivity index (χ3n) is 4.17. The van der Waals surface area contributed by atoms with Gasteiger partial charge < -0.3 is 10.2 Å². The molecule has 18 heavy (non-hydrogen) atoms. The lowest BCUT2D eigenvalue weighted by Crippen LogP contribution is -2.53. The van der Waals surface area contributed by atoms with E-state index in [0.29, 0.717) is 18.0 Å². The molecule has 1 fully saturated rings. The van der Waals surface area contributed by atoms with Gasteiger partial charge in [-0.3, -0.25) is 0 Å². The lowest BCUT2D eigenvalue weighted by Gasteiger charge is -2.44. The van der Waals surface area contributed by atoms with Crippen molar-refractivity contribution in [2.75, 3.05) is 18.0 Å². The van der Waals surface area contributed by atoms with Crippen LogP contribution in [0.25, 0.3) is 0 Å². The van der Waals surface area contributed by atoms with Crippen molar-refractivity contribution in [3.8, 4) is 0 Å². The van der Waals surface area contributed by atoms with Crippen molar-refractivity contribution >= 4 is 5.69 Å². The van der Waals surface area contributed by atoms with Crippen molar-refractivity contribution in [3.05, 3.63) is 30.1 Å². The first-order valence-electron chi connectivity index (χ1n) is 6.89. The second kappa shape index (κ2) is 5.70. The van der Waals surface area contributed by atoms with Gasteiger partial charge in [0.15, 0.2) is 0 Å². The molecule has 0 aliphatic carbocycles. The maximum Gasteiger partial charge on any atom is 0.125 e. The fourth-order valence-electron chi connectivity index (χ4n) is 2.93. The summed E-state index contributed by atoms with van der Waals surface area (Å²) in [6, 6.07) is 7.94. The zero-order valence-corrected chi connectivity index (χ0v) is 11.5. The Morgan fingerprint density at radius 1 is 1.39 bits per heavy atom. The number of anilines is 1. The van der Waals surface area contributed by atoms with Crippen LogP contribution < -0.4 is 10.2 Å². The van der Waals surface area contributed by atoms with E-state index < -0.39 is 0 Å². The Kier molecular flexibility index (Phi) is 4.23. The number of nitrogens with zero attached hydrogens (tertiary/aromatic N) is 1. The fourth-order valence-corrected chi connectivity index (χ4v) is 2.93. The number of nitrogens with one attached hydrogen (secondary N) is 1. The van der Waals surface area contributed by atoms with Crippen LogP contribution in [0.15, 0.2) is 24.3 Å². The van der Waals surface area contributed by atoms with E-state index in [-0.39, 0.29) is 5.82 Å². The van der Waals surface area contributed by atoms with Gasteiger partial charge >= 0.3 is 0 Å². The lowest BCUT2D eigenvalue weighted by atomic mass is 9.86. The Labute approximate surface area is 109 Å². The van der Waals surface area contributed by atoms with Gasteiger partial charge in [-0.1, -0.05) is 19.9 Å². The molecule has 1 heterocycles. The topological polar surface area (TPSA) is 15.3 Å². The number of halogens is 1. The van der Waals surface area contributed by atoms with Crippen LogP contribution in [0.2, 0.25) is 0 Å². The van der Waals surface area contributed by atoms with Gasteiger partial charge in [-0.25, -0.2) is 4.39 Å². The summed E-state index contributed by atoms with van der Waals surface area (Å²) in [5.41, 5.74) is 1.00. The first-order valence-corrected chi connectivity index (χ1v) is 6.89. The van der Waals surface area contributed by atoms with Crippen LogP contribution in [0.3, 0.4) is 0 Å². The minimum absolute atomic E-state index is 0.152. The summed E-state index contributed by atoms with van der Waals surface area (Å²) in [7, 11) is 0. The minimum atomic E-state index is -0.152. The summed E-state index contributed by atoms with van der Waals surface area (Å²) in [6.45, 7) is 8.67. The summed E-state index contributed by atoms with van der Waals surface area (Å²) in [6.07, 6.45) is 1.12. The predicted molar refractivity (Wildman–Crippen MR) is 74.5 cm³/mol. The maximum absolute atomic E-state index is 13.3. The molecular weight excluding hydrogens is 227 g/mol. The Morgan fingerprint density at radius 2 is 2.17 bits per heavy atom. The van der Waals surface area contributed by atoms with E-state index >= 15 is 0 Å². The van der Waals surface area contributed by atoms with Crippen LogP contribution in [0.4, 0.5) is 10.1 Å². The second-order valence-corrected chi connectivity index (χ2v) is 5.23. The highest BCUT2D eigenvalue weighted by Gasteiger charge is 2.31. The SMILES string of the molecule is CCNC1CCN(c2cccc(F)c2)C(C)C1C. The second-order valence-electron chi connectivity index (χ2n) is 5.23. The summed E-state index contributed by atoms with van der Waals surface area (Å²) in [4.78, 5) is 2.32. The standard InChI is InChI=1S/C15H23FN2/c1-4-17-15-8-9-18(12(3)11(15)2)14-7-5-6-13(16)10-14/h5-7,10-12,15,17H,4,8-9H2,1-3H3. The van der Waals surface area contributed by atoms with Gasteiger partial charge in [-0.15, -0.1) is 0 Å². The highest BCUT2D eigenvalue weighted by atomic mass is 19.1. The van der Waals surface area contributed by atoms with Gasteiger partial charge in [0.25, 0.3) is 0 Å². The van der Waals surface area contributed by atoms with Gasteiger partial charge in [0, 0.05) is 24.3 Å². The Morgan fingerprint density at radius 3 is 2.83 bits per heavy atom. The van der Waals surface area contributed by atoms with Crippen molar-refractivity contribution in [2.45, 2.75) is 39.3 Å². The van der Waals surface area contributed by atoms with Gasteiger partial charge in [0.2, 0.25) is 0 Å².